The summed E-state index contributed by atoms with van der Waals surface area (Å²) in [5, 5.41) is 1.27. The SMILES string of the molecule is Clc1ccc(Cl)c(OC2CCOC3(CCSCC3)C2)c1. The fourth-order valence-electron chi connectivity index (χ4n) is 2.92. The first kappa shape index (κ1) is 14.8. The normalized spacial score (nSPS) is 25.6. The maximum Gasteiger partial charge on any atom is 0.139 e. The Bertz CT molecular complexity index is 469. The number of benzene rings is 1. The molecule has 0 amide bonds. The highest BCUT2D eigenvalue weighted by molar-refractivity contribution is 7.99. The van der Waals surface area contributed by atoms with Crippen LogP contribution in [0.4, 0.5) is 0 Å². The molecular weight excluding hydrogens is 315 g/mol. The van der Waals surface area contributed by atoms with E-state index >= 15 is 0 Å². The Morgan fingerprint density at radius 3 is 2.85 bits per heavy atom. The zero-order valence-corrected chi connectivity index (χ0v) is 13.6. The lowest BCUT2D eigenvalue weighted by Crippen LogP contribution is -2.46. The van der Waals surface area contributed by atoms with Crippen LogP contribution in [0.15, 0.2) is 18.2 Å². The number of halogens is 2. The van der Waals surface area contributed by atoms with Gasteiger partial charge in [-0.05, 0) is 36.5 Å². The quantitative estimate of drug-likeness (QED) is 0.773. The second-order valence-corrected chi connectivity index (χ2v) is 7.52. The highest BCUT2D eigenvalue weighted by Gasteiger charge is 2.39. The van der Waals surface area contributed by atoms with Crippen molar-refractivity contribution in [2.75, 3.05) is 18.1 Å². The van der Waals surface area contributed by atoms with E-state index in [0.717, 1.165) is 32.3 Å². The molecule has 1 aromatic carbocycles. The Balaban J connectivity index is 1.69. The third-order valence-electron chi connectivity index (χ3n) is 4.04. The standard InChI is InChI=1S/C15H18Cl2O2S/c16-11-1-2-13(17)14(9-11)19-12-3-6-18-15(10-12)4-7-20-8-5-15/h1-2,9,12H,3-8,10H2. The summed E-state index contributed by atoms with van der Waals surface area (Å²) in [6.45, 7) is 0.771. The van der Waals surface area contributed by atoms with Gasteiger partial charge >= 0.3 is 0 Å². The molecule has 110 valence electrons. The smallest absolute Gasteiger partial charge is 0.139 e. The average Bonchev–Trinajstić information content (AvgIpc) is 2.44. The van der Waals surface area contributed by atoms with E-state index in [4.69, 9.17) is 32.7 Å². The molecule has 1 unspecified atom stereocenters. The van der Waals surface area contributed by atoms with E-state index in [9.17, 15) is 0 Å². The van der Waals surface area contributed by atoms with Crippen molar-refractivity contribution < 1.29 is 9.47 Å². The highest BCUT2D eigenvalue weighted by Crippen LogP contribution is 2.39. The Hall–Kier alpha value is -0.0900. The predicted molar refractivity (Wildman–Crippen MR) is 85.4 cm³/mol. The Kier molecular flexibility index (Phi) is 4.71. The van der Waals surface area contributed by atoms with E-state index in [1.54, 1.807) is 18.2 Å². The minimum Gasteiger partial charge on any atom is -0.489 e. The van der Waals surface area contributed by atoms with Gasteiger partial charge in [0.05, 0.1) is 17.2 Å². The predicted octanol–water partition coefficient (Wildman–Crippen LogP) is 4.82. The van der Waals surface area contributed by atoms with Crippen LogP contribution in [0.2, 0.25) is 10.0 Å². The molecule has 0 aliphatic carbocycles. The summed E-state index contributed by atoms with van der Waals surface area (Å²) < 4.78 is 12.2. The van der Waals surface area contributed by atoms with Crippen molar-refractivity contribution >= 4 is 35.0 Å². The molecular formula is C15H18Cl2O2S. The van der Waals surface area contributed by atoms with Gasteiger partial charge < -0.3 is 9.47 Å². The minimum absolute atomic E-state index is 0.0270. The highest BCUT2D eigenvalue weighted by atomic mass is 35.5. The van der Waals surface area contributed by atoms with E-state index in [1.165, 1.54) is 11.5 Å². The molecule has 2 aliphatic rings. The van der Waals surface area contributed by atoms with Gasteiger partial charge in [-0.2, -0.15) is 11.8 Å². The molecule has 0 saturated carbocycles. The third-order valence-corrected chi connectivity index (χ3v) is 5.57. The molecule has 0 N–H and O–H groups in total. The van der Waals surface area contributed by atoms with Crippen LogP contribution < -0.4 is 4.74 Å². The van der Waals surface area contributed by atoms with E-state index in [-0.39, 0.29) is 11.7 Å². The number of hydrogen-bond acceptors (Lipinski definition) is 3. The molecule has 2 saturated heterocycles. The zero-order valence-electron chi connectivity index (χ0n) is 11.2. The van der Waals surface area contributed by atoms with Crippen LogP contribution >= 0.6 is 35.0 Å². The first-order valence-corrected chi connectivity index (χ1v) is 8.91. The summed E-state index contributed by atoms with van der Waals surface area (Å²) in [7, 11) is 0. The first-order valence-electron chi connectivity index (χ1n) is 7.00. The summed E-state index contributed by atoms with van der Waals surface area (Å²) in [6, 6.07) is 5.36. The number of thioether (sulfide) groups is 1. The zero-order chi connectivity index (χ0) is 14.0. The van der Waals surface area contributed by atoms with E-state index in [0.29, 0.717) is 15.8 Å². The van der Waals surface area contributed by atoms with Crippen LogP contribution in [0.3, 0.4) is 0 Å². The largest absolute Gasteiger partial charge is 0.489 e. The van der Waals surface area contributed by atoms with E-state index in [2.05, 4.69) is 0 Å². The maximum atomic E-state index is 6.17. The fourth-order valence-corrected chi connectivity index (χ4v) is 4.48. The van der Waals surface area contributed by atoms with Gasteiger partial charge in [-0.3, -0.25) is 0 Å². The molecule has 2 nitrogen and oxygen atoms in total. The lowest BCUT2D eigenvalue weighted by atomic mass is 9.86. The van der Waals surface area contributed by atoms with Crippen LogP contribution in [0.25, 0.3) is 0 Å². The van der Waals surface area contributed by atoms with Crippen LogP contribution in [0.1, 0.15) is 25.7 Å². The summed E-state index contributed by atoms with van der Waals surface area (Å²) >= 11 is 14.2. The Morgan fingerprint density at radius 1 is 1.25 bits per heavy atom. The minimum atomic E-state index is 0.0270. The average molecular weight is 333 g/mol. The van der Waals surface area contributed by atoms with Crippen molar-refractivity contribution in [3.8, 4) is 5.75 Å². The van der Waals surface area contributed by atoms with Gasteiger partial charge in [0.2, 0.25) is 0 Å². The molecule has 2 aliphatic heterocycles. The molecule has 5 heteroatoms. The van der Waals surface area contributed by atoms with E-state index < -0.39 is 0 Å². The molecule has 1 atom stereocenters. The van der Waals surface area contributed by atoms with Crippen LogP contribution in [-0.4, -0.2) is 29.8 Å². The number of rotatable bonds is 2. The molecule has 20 heavy (non-hydrogen) atoms. The van der Waals surface area contributed by atoms with Crippen LogP contribution in [0.5, 0.6) is 5.75 Å². The van der Waals surface area contributed by atoms with Crippen molar-refractivity contribution in [2.24, 2.45) is 0 Å². The Morgan fingerprint density at radius 2 is 2.05 bits per heavy atom. The van der Waals surface area contributed by atoms with Crippen molar-refractivity contribution in [2.45, 2.75) is 37.4 Å². The van der Waals surface area contributed by atoms with Gasteiger partial charge in [0.15, 0.2) is 0 Å². The van der Waals surface area contributed by atoms with E-state index in [1.807, 2.05) is 11.8 Å². The van der Waals surface area contributed by atoms with Crippen molar-refractivity contribution in [1.82, 2.24) is 0 Å². The second kappa shape index (κ2) is 6.35. The van der Waals surface area contributed by atoms with Gasteiger partial charge in [0, 0.05) is 23.9 Å². The molecule has 0 aromatic heterocycles. The topological polar surface area (TPSA) is 18.5 Å². The third kappa shape index (κ3) is 3.38. The molecule has 3 rings (SSSR count). The van der Waals surface area contributed by atoms with Gasteiger partial charge in [-0.1, -0.05) is 23.2 Å². The molecule has 2 heterocycles. The summed E-state index contributed by atoms with van der Waals surface area (Å²) in [4.78, 5) is 0. The van der Waals surface area contributed by atoms with Crippen LogP contribution in [-0.2, 0) is 4.74 Å². The number of hydrogen-bond donors (Lipinski definition) is 0. The Labute approximate surface area is 134 Å². The summed E-state index contributed by atoms with van der Waals surface area (Å²) in [5.74, 6) is 3.06. The maximum absolute atomic E-state index is 6.17. The monoisotopic (exact) mass is 332 g/mol. The lowest BCUT2D eigenvalue weighted by molar-refractivity contribution is -0.116. The van der Waals surface area contributed by atoms with Crippen molar-refractivity contribution in [3.63, 3.8) is 0 Å². The van der Waals surface area contributed by atoms with Crippen molar-refractivity contribution in [1.29, 1.82) is 0 Å². The molecule has 0 bridgehead atoms. The van der Waals surface area contributed by atoms with Crippen LogP contribution in [0, 0.1) is 0 Å². The summed E-state index contributed by atoms with van der Waals surface area (Å²) in [5.41, 5.74) is 0.0270. The lowest BCUT2D eigenvalue weighted by Gasteiger charge is -2.43. The van der Waals surface area contributed by atoms with Gasteiger partial charge in [0.1, 0.15) is 11.9 Å². The van der Waals surface area contributed by atoms with Gasteiger partial charge in [-0.15, -0.1) is 0 Å². The molecule has 1 spiro atoms. The molecule has 0 radical (unpaired) electrons. The fraction of sp³-hybridized carbons (Fsp3) is 0.600. The van der Waals surface area contributed by atoms with Gasteiger partial charge in [-0.25, -0.2) is 0 Å². The van der Waals surface area contributed by atoms with Crippen molar-refractivity contribution in [3.05, 3.63) is 28.2 Å². The molecule has 1 aromatic rings. The number of ether oxygens (including phenoxy) is 2. The first-order chi connectivity index (χ1) is 9.67. The van der Waals surface area contributed by atoms with Gasteiger partial charge in [0.25, 0.3) is 0 Å². The second-order valence-electron chi connectivity index (χ2n) is 5.45. The summed E-state index contributed by atoms with van der Waals surface area (Å²) in [6.07, 6.45) is 4.29. The molecule has 2 fully saturated rings.